The maximum absolute atomic E-state index is 12.7. The first-order valence-corrected chi connectivity index (χ1v) is 8.78. The van der Waals surface area contributed by atoms with Crippen molar-refractivity contribution in [3.05, 3.63) is 77.0 Å². The van der Waals surface area contributed by atoms with Crippen molar-refractivity contribution >= 4 is 12.0 Å². The topological polar surface area (TPSA) is 100 Å². The summed E-state index contributed by atoms with van der Waals surface area (Å²) in [5.41, 5.74) is 1.67. The molecule has 0 radical (unpaired) electrons. The molecule has 0 fully saturated rings. The molecule has 142 valence electrons. The van der Waals surface area contributed by atoms with E-state index >= 15 is 0 Å². The fourth-order valence-corrected chi connectivity index (χ4v) is 2.91. The molecule has 0 unspecified atom stereocenters. The van der Waals surface area contributed by atoms with Crippen LogP contribution in [0.5, 0.6) is 5.75 Å². The number of benzene rings is 2. The van der Waals surface area contributed by atoms with Gasteiger partial charge in [0, 0.05) is 0 Å². The lowest BCUT2D eigenvalue weighted by Crippen LogP contribution is -2.47. The Labute approximate surface area is 162 Å². The number of nitrogens with zero attached hydrogens (tertiary/aromatic N) is 1. The fraction of sp³-hybridized carbons (Fsp3) is 0.190. The van der Waals surface area contributed by atoms with Crippen molar-refractivity contribution in [2.45, 2.75) is 13.0 Å². The summed E-state index contributed by atoms with van der Waals surface area (Å²) in [6.45, 7) is 1.82. The molecular weight excluding hydrogens is 358 g/mol. The Morgan fingerprint density at radius 2 is 1.86 bits per heavy atom. The number of amides is 2. The van der Waals surface area contributed by atoms with Gasteiger partial charge < -0.3 is 20.1 Å². The van der Waals surface area contributed by atoms with Gasteiger partial charge in [-0.25, -0.2) is 9.59 Å². The number of nitrogens with one attached hydrogen (secondary N) is 2. The summed E-state index contributed by atoms with van der Waals surface area (Å²) in [6, 6.07) is 16.8. The molecular formula is C21H19N3O4. The van der Waals surface area contributed by atoms with Crippen LogP contribution in [0.3, 0.4) is 0 Å². The van der Waals surface area contributed by atoms with Gasteiger partial charge in [-0.3, -0.25) is 0 Å². The Balaban J connectivity index is 1.98. The standard InChI is InChI=1S/C21H19N3O4/c1-2-27-20(25)18-16(13-28-17-11-7-6-10-15(17)12-22)23-21(26)24-19(18)14-8-4-3-5-9-14/h3-11,19H,2,13H2,1H3,(H2,23,24,26)/t19-/m0/s1. The average Bonchev–Trinajstić information content (AvgIpc) is 2.72. The van der Waals surface area contributed by atoms with Gasteiger partial charge in [-0.15, -0.1) is 0 Å². The van der Waals surface area contributed by atoms with Crippen LogP contribution in [0.4, 0.5) is 4.79 Å². The summed E-state index contributed by atoms with van der Waals surface area (Å²) in [5.74, 6) is -0.180. The third kappa shape index (κ3) is 4.13. The van der Waals surface area contributed by atoms with E-state index in [0.717, 1.165) is 5.56 Å². The van der Waals surface area contributed by atoms with Gasteiger partial charge in [-0.2, -0.15) is 5.26 Å². The van der Waals surface area contributed by atoms with Gasteiger partial charge in [0.05, 0.1) is 29.5 Å². The Morgan fingerprint density at radius 3 is 2.57 bits per heavy atom. The molecule has 0 saturated heterocycles. The number of carbonyl (C=O) groups excluding carboxylic acids is 2. The Bertz CT molecular complexity index is 948. The molecule has 28 heavy (non-hydrogen) atoms. The van der Waals surface area contributed by atoms with Crippen molar-refractivity contribution in [2.24, 2.45) is 0 Å². The normalized spacial score (nSPS) is 15.9. The van der Waals surface area contributed by atoms with E-state index in [9.17, 15) is 14.9 Å². The molecule has 0 aromatic heterocycles. The second kappa shape index (κ2) is 8.73. The molecule has 7 heteroatoms. The summed E-state index contributed by atoms with van der Waals surface area (Å²) in [6.07, 6.45) is 0. The molecule has 0 bridgehead atoms. The summed E-state index contributed by atoms with van der Waals surface area (Å²) in [5, 5.41) is 14.6. The summed E-state index contributed by atoms with van der Waals surface area (Å²) in [7, 11) is 0. The van der Waals surface area contributed by atoms with Gasteiger partial charge in [0.15, 0.2) is 0 Å². The number of para-hydroxylation sites is 1. The first-order valence-electron chi connectivity index (χ1n) is 8.78. The lowest BCUT2D eigenvalue weighted by Gasteiger charge is -2.29. The van der Waals surface area contributed by atoms with Crippen LogP contribution < -0.4 is 15.4 Å². The average molecular weight is 377 g/mol. The minimum atomic E-state index is -0.668. The minimum Gasteiger partial charge on any atom is -0.486 e. The van der Waals surface area contributed by atoms with Crippen molar-refractivity contribution in [3.63, 3.8) is 0 Å². The molecule has 7 nitrogen and oxygen atoms in total. The van der Waals surface area contributed by atoms with E-state index in [4.69, 9.17) is 9.47 Å². The van der Waals surface area contributed by atoms with Crippen LogP contribution in [-0.2, 0) is 9.53 Å². The third-order valence-corrected chi connectivity index (χ3v) is 4.16. The van der Waals surface area contributed by atoms with E-state index in [2.05, 4.69) is 10.6 Å². The highest BCUT2D eigenvalue weighted by Gasteiger charge is 2.33. The molecule has 0 aliphatic carbocycles. The number of carbonyl (C=O) groups is 2. The van der Waals surface area contributed by atoms with E-state index in [0.29, 0.717) is 17.0 Å². The first-order chi connectivity index (χ1) is 13.6. The second-order valence-electron chi connectivity index (χ2n) is 5.95. The van der Waals surface area contributed by atoms with Gasteiger partial charge in [0.2, 0.25) is 0 Å². The summed E-state index contributed by atoms with van der Waals surface area (Å²) in [4.78, 5) is 24.9. The molecule has 1 aliphatic rings. The number of rotatable bonds is 6. The molecule has 2 aromatic carbocycles. The molecule has 2 amide bonds. The second-order valence-corrected chi connectivity index (χ2v) is 5.95. The van der Waals surface area contributed by atoms with Crippen molar-refractivity contribution in [1.29, 1.82) is 5.26 Å². The Hall–Kier alpha value is -3.79. The van der Waals surface area contributed by atoms with Crippen LogP contribution in [0.2, 0.25) is 0 Å². The summed E-state index contributed by atoms with van der Waals surface area (Å²) >= 11 is 0. The lowest BCUT2D eigenvalue weighted by molar-refractivity contribution is -0.139. The molecule has 0 spiro atoms. The monoisotopic (exact) mass is 377 g/mol. The molecule has 2 N–H and O–H groups in total. The fourth-order valence-electron chi connectivity index (χ4n) is 2.91. The van der Waals surface area contributed by atoms with Gasteiger partial charge in [-0.05, 0) is 24.6 Å². The number of nitriles is 1. The van der Waals surface area contributed by atoms with E-state index < -0.39 is 18.0 Å². The first kappa shape index (κ1) is 19.0. The third-order valence-electron chi connectivity index (χ3n) is 4.16. The van der Waals surface area contributed by atoms with Crippen LogP contribution in [0.1, 0.15) is 24.1 Å². The van der Waals surface area contributed by atoms with Gasteiger partial charge in [-0.1, -0.05) is 42.5 Å². The van der Waals surface area contributed by atoms with Crippen molar-refractivity contribution in [1.82, 2.24) is 10.6 Å². The maximum Gasteiger partial charge on any atom is 0.338 e. The van der Waals surface area contributed by atoms with Crippen molar-refractivity contribution < 1.29 is 19.1 Å². The molecule has 1 heterocycles. The number of hydrogen-bond donors (Lipinski definition) is 2. The molecule has 0 saturated carbocycles. The maximum atomic E-state index is 12.7. The zero-order chi connectivity index (χ0) is 19.9. The van der Waals surface area contributed by atoms with Crippen LogP contribution >= 0.6 is 0 Å². The van der Waals surface area contributed by atoms with Crippen molar-refractivity contribution in [3.8, 4) is 11.8 Å². The number of urea groups is 1. The minimum absolute atomic E-state index is 0.0937. The SMILES string of the molecule is CCOC(=O)C1=C(COc2ccccc2C#N)NC(=O)N[C@H]1c1ccccc1. The zero-order valence-corrected chi connectivity index (χ0v) is 15.3. The lowest BCUT2D eigenvalue weighted by atomic mass is 9.95. The Morgan fingerprint density at radius 1 is 1.14 bits per heavy atom. The smallest absolute Gasteiger partial charge is 0.338 e. The highest BCUT2D eigenvalue weighted by Crippen LogP contribution is 2.28. The van der Waals surface area contributed by atoms with Gasteiger partial charge in [0.1, 0.15) is 18.4 Å². The van der Waals surface area contributed by atoms with E-state index in [1.54, 1.807) is 31.2 Å². The van der Waals surface area contributed by atoms with Crippen LogP contribution in [0.25, 0.3) is 0 Å². The van der Waals surface area contributed by atoms with Crippen LogP contribution in [-0.4, -0.2) is 25.2 Å². The largest absolute Gasteiger partial charge is 0.486 e. The zero-order valence-electron chi connectivity index (χ0n) is 15.3. The predicted molar refractivity (Wildman–Crippen MR) is 101 cm³/mol. The number of ether oxygens (including phenoxy) is 2. The predicted octanol–water partition coefficient (Wildman–Crippen LogP) is 2.81. The summed E-state index contributed by atoms with van der Waals surface area (Å²) < 4.78 is 10.9. The highest BCUT2D eigenvalue weighted by atomic mass is 16.5. The van der Waals surface area contributed by atoms with E-state index in [1.165, 1.54) is 0 Å². The molecule has 3 rings (SSSR count). The van der Waals surface area contributed by atoms with Gasteiger partial charge in [0.25, 0.3) is 0 Å². The van der Waals surface area contributed by atoms with E-state index in [-0.39, 0.29) is 18.8 Å². The number of esters is 1. The number of hydrogen-bond acceptors (Lipinski definition) is 5. The molecule has 1 atom stereocenters. The molecule has 2 aromatic rings. The van der Waals surface area contributed by atoms with Crippen LogP contribution in [0, 0.1) is 11.3 Å². The highest BCUT2D eigenvalue weighted by molar-refractivity contribution is 5.95. The van der Waals surface area contributed by atoms with Crippen molar-refractivity contribution in [2.75, 3.05) is 13.2 Å². The van der Waals surface area contributed by atoms with Crippen LogP contribution in [0.15, 0.2) is 65.9 Å². The van der Waals surface area contributed by atoms with Gasteiger partial charge >= 0.3 is 12.0 Å². The molecule has 1 aliphatic heterocycles. The van der Waals surface area contributed by atoms with E-state index in [1.807, 2.05) is 36.4 Å². The quantitative estimate of drug-likeness (QED) is 0.754. The Kier molecular flexibility index (Phi) is 5.92.